The number of aryl methyl sites for hydroxylation is 2. The van der Waals surface area contributed by atoms with Crippen molar-refractivity contribution >= 4 is 20.9 Å². The number of hydrogen-bond acceptors (Lipinski definition) is 3. The summed E-state index contributed by atoms with van der Waals surface area (Å²) in [5.41, 5.74) is 3.67. The Balaban J connectivity index is 2.15. The largest absolute Gasteiger partial charge is 0.378 e. The fraction of sp³-hybridized carbons (Fsp3) is 0.111. The Bertz CT molecular complexity index is 1030. The van der Waals surface area contributed by atoms with Gasteiger partial charge in [-0.15, -0.1) is 0 Å². The summed E-state index contributed by atoms with van der Waals surface area (Å²) < 4.78 is 30.2. The number of rotatable bonds is 0. The molecule has 1 heterocycles. The zero-order chi connectivity index (χ0) is 15.5. The molecular formula is C18H14O3S. The number of benzene rings is 3. The topological polar surface area (TPSA) is 43.4 Å². The van der Waals surface area contributed by atoms with Gasteiger partial charge in [0.05, 0.1) is 0 Å². The van der Waals surface area contributed by atoms with Crippen LogP contribution in [0.15, 0.2) is 53.4 Å². The highest BCUT2D eigenvalue weighted by Gasteiger charge is 2.30. The molecular weight excluding hydrogens is 296 g/mol. The fourth-order valence-corrected chi connectivity index (χ4v) is 4.04. The van der Waals surface area contributed by atoms with Crippen LogP contribution in [0, 0.1) is 13.8 Å². The second kappa shape index (κ2) is 4.34. The standard InChI is InChI=1S/C18H14O3S/c1-11-7-15-16-9-13-5-3-4-6-14(13)10-18(16)22(19,20)21-17(15)8-12(11)2/h3-10H,1-2H3. The van der Waals surface area contributed by atoms with Crippen LogP contribution in [0.2, 0.25) is 0 Å². The molecule has 110 valence electrons. The van der Waals surface area contributed by atoms with E-state index in [-0.39, 0.29) is 4.90 Å². The fourth-order valence-electron chi connectivity index (χ4n) is 2.87. The third-order valence-corrected chi connectivity index (χ3v) is 5.48. The first-order valence-corrected chi connectivity index (χ1v) is 8.45. The van der Waals surface area contributed by atoms with Gasteiger partial charge in [-0.1, -0.05) is 24.3 Å². The van der Waals surface area contributed by atoms with Crippen molar-refractivity contribution in [2.24, 2.45) is 0 Å². The molecule has 1 aliphatic heterocycles. The van der Waals surface area contributed by atoms with Gasteiger partial charge in [0.25, 0.3) is 0 Å². The van der Waals surface area contributed by atoms with Gasteiger partial charge in [0, 0.05) is 11.1 Å². The Labute approximate surface area is 129 Å². The molecule has 0 amide bonds. The normalized spacial score (nSPS) is 15.0. The summed E-state index contributed by atoms with van der Waals surface area (Å²) in [6.45, 7) is 3.96. The summed E-state index contributed by atoms with van der Waals surface area (Å²) in [4.78, 5) is 0.238. The number of hydrogen-bond donors (Lipinski definition) is 0. The highest BCUT2D eigenvalue weighted by Crippen LogP contribution is 2.43. The van der Waals surface area contributed by atoms with E-state index in [9.17, 15) is 8.42 Å². The minimum atomic E-state index is -3.78. The van der Waals surface area contributed by atoms with Gasteiger partial charge in [-0.2, -0.15) is 8.42 Å². The Morgan fingerprint density at radius 3 is 2.18 bits per heavy atom. The maximum absolute atomic E-state index is 12.5. The van der Waals surface area contributed by atoms with Gasteiger partial charge < -0.3 is 4.18 Å². The molecule has 0 fully saturated rings. The van der Waals surface area contributed by atoms with Gasteiger partial charge in [-0.3, -0.25) is 0 Å². The molecule has 0 N–H and O–H groups in total. The lowest BCUT2D eigenvalue weighted by molar-refractivity contribution is 0.483. The van der Waals surface area contributed by atoms with E-state index in [4.69, 9.17) is 4.18 Å². The minimum Gasteiger partial charge on any atom is -0.378 e. The van der Waals surface area contributed by atoms with Gasteiger partial charge in [-0.05, 0) is 60.0 Å². The second-order valence-corrected chi connectivity index (χ2v) is 7.18. The van der Waals surface area contributed by atoms with Gasteiger partial charge >= 0.3 is 10.1 Å². The van der Waals surface area contributed by atoms with Crippen molar-refractivity contribution < 1.29 is 12.6 Å². The second-order valence-electron chi connectivity index (χ2n) is 5.67. The maximum atomic E-state index is 12.5. The molecule has 3 aromatic rings. The lowest BCUT2D eigenvalue weighted by Gasteiger charge is -2.22. The first-order chi connectivity index (χ1) is 10.5. The van der Waals surface area contributed by atoms with Crippen molar-refractivity contribution in [1.82, 2.24) is 0 Å². The van der Waals surface area contributed by atoms with E-state index in [2.05, 4.69) is 0 Å². The van der Waals surface area contributed by atoms with Gasteiger partial charge in [0.1, 0.15) is 4.90 Å². The highest BCUT2D eigenvalue weighted by atomic mass is 32.2. The van der Waals surface area contributed by atoms with Crippen molar-refractivity contribution in [2.75, 3.05) is 0 Å². The zero-order valence-electron chi connectivity index (χ0n) is 12.3. The third-order valence-electron chi connectivity index (χ3n) is 4.20. The predicted octanol–water partition coefficient (Wildman–Crippen LogP) is 4.20. The van der Waals surface area contributed by atoms with Crippen LogP contribution in [0.25, 0.3) is 21.9 Å². The Kier molecular flexibility index (Phi) is 2.63. The number of fused-ring (bicyclic) bond motifs is 4. The van der Waals surface area contributed by atoms with Gasteiger partial charge in [0.2, 0.25) is 0 Å². The molecule has 0 aromatic heterocycles. The monoisotopic (exact) mass is 310 g/mol. The molecule has 22 heavy (non-hydrogen) atoms. The molecule has 0 bridgehead atoms. The van der Waals surface area contributed by atoms with Crippen LogP contribution in [0.3, 0.4) is 0 Å². The van der Waals surface area contributed by atoms with Crippen molar-refractivity contribution in [3.8, 4) is 16.9 Å². The molecule has 0 saturated carbocycles. The summed E-state index contributed by atoms with van der Waals surface area (Å²) >= 11 is 0. The first kappa shape index (κ1) is 13.3. The summed E-state index contributed by atoms with van der Waals surface area (Å²) in [5.74, 6) is 0.408. The smallest absolute Gasteiger partial charge is 0.339 e. The molecule has 0 aliphatic carbocycles. The van der Waals surface area contributed by atoms with E-state index < -0.39 is 10.1 Å². The highest BCUT2D eigenvalue weighted by molar-refractivity contribution is 7.87. The third kappa shape index (κ3) is 1.84. The predicted molar refractivity (Wildman–Crippen MR) is 86.7 cm³/mol. The van der Waals surface area contributed by atoms with Crippen LogP contribution in [-0.2, 0) is 10.1 Å². The van der Waals surface area contributed by atoms with Crippen LogP contribution in [0.1, 0.15) is 11.1 Å². The quantitative estimate of drug-likeness (QED) is 0.584. The zero-order valence-corrected chi connectivity index (χ0v) is 13.1. The molecule has 0 radical (unpaired) electrons. The van der Waals surface area contributed by atoms with E-state index in [1.807, 2.05) is 50.2 Å². The Hall–Kier alpha value is -2.33. The van der Waals surface area contributed by atoms with E-state index in [1.165, 1.54) is 0 Å². The molecule has 3 aromatic carbocycles. The molecule has 4 heteroatoms. The van der Waals surface area contributed by atoms with Crippen LogP contribution in [0.4, 0.5) is 0 Å². The lowest BCUT2D eigenvalue weighted by atomic mass is 9.97. The van der Waals surface area contributed by atoms with E-state index in [0.717, 1.165) is 27.5 Å². The van der Waals surface area contributed by atoms with Crippen molar-refractivity contribution in [3.63, 3.8) is 0 Å². The minimum absolute atomic E-state index is 0.238. The van der Waals surface area contributed by atoms with E-state index in [0.29, 0.717) is 11.3 Å². The van der Waals surface area contributed by atoms with Crippen LogP contribution in [0.5, 0.6) is 5.75 Å². The molecule has 0 atom stereocenters. The average molecular weight is 310 g/mol. The van der Waals surface area contributed by atoms with Crippen LogP contribution >= 0.6 is 0 Å². The Morgan fingerprint density at radius 1 is 0.818 bits per heavy atom. The Morgan fingerprint density at radius 2 is 1.45 bits per heavy atom. The molecule has 3 nitrogen and oxygen atoms in total. The van der Waals surface area contributed by atoms with Crippen molar-refractivity contribution in [2.45, 2.75) is 18.7 Å². The molecule has 0 unspecified atom stereocenters. The summed E-state index contributed by atoms with van der Waals surface area (Å²) in [5, 5.41) is 1.91. The van der Waals surface area contributed by atoms with E-state index >= 15 is 0 Å². The SMILES string of the molecule is Cc1cc2c(cc1C)-c1cc3ccccc3cc1S(=O)(=O)O2. The molecule has 1 aliphatic rings. The average Bonchev–Trinajstić information content (AvgIpc) is 2.48. The molecule has 0 saturated heterocycles. The van der Waals surface area contributed by atoms with Crippen LogP contribution in [-0.4, -0.2) is 8.42 Å². The molecule has 0 spiro atoms. The van der Waals surface area contributed by atoms with Gasteiger partial charge in [-0.25, -0.2) is 0 Å². The summed E-state index contributed by atoms with van der Waals surface area (Å²) in [7, 11) is -3.78. The maximum Gasteiger partial charge on any atom is 0.339 e. The molecule has 4 rings (SSSR count). The van der Waals surface area contributed by atoms with E-state index in [1.54, 1.807) is 12.1 Å². The lowest BCUT2D eigenvalue weighted by Crippen LogP contribution is -2.16. The van der Waals surface area contributed by atoms with Crippen LogP contribution < -0.4 is 4.18 Å². The van der Waals surface area contributed by atoms with Crippen molar-refractivity contribution in [1.29, 1.82) is 0 Å². The first-order valence-electron chi connectivity index (χ1n) is 7.04. The summed E-state index contributed by atoms with van der Waals surface area (Å²) in [6, 6.07) is 15.1. The van der Waals surface area contributed by atoms with Crippen molar-refractivity contribution in [3.05, 3.63) is 59.7 Å². The van der Waals surface area contributed by atoms with Gasteiger partial charge in [0.15, 0.2) is 5.75 Å². The summed E-state index contributed by atoms with van der Waals surface area (Å²) in [6.07, 6.45) is 0.